The first kappa shape index (κ1) is 14.2. The van der Waals surface area contributed by atoms with Crippen LogP contribution in [0.3, 0.4) is 0 Å². The minimum absolute atomic E-state index is 0.418. The SMILES string of the molecule is CCOC1(c2noc(-c3sccc3C#N)n2)CCCCC1. The van der Waals surface area contributed by atoms with Gasteiger partial charge in [0, 0.05) is 6.61 Å². The van der Waals surface area contributed by atoms with Crippen LogP contribution in [0.25, 0.3) is 10.8 Å². The third-order valence-corrected chi connectivity index (χ3v) is 4.80. The molecule has 0 saturated heterocycles. The van der Waals surface area contributed by atoms with Crippen molar-refractivity contribution >= 4 is 11.3 Å². The monoisotopic (exact) mass is 303 g/mol. The Morgan fingerprint density at radius 1 is 1.43 bits per heavy atom. The summed E-state index contributed by atoms with van der Waals surface area (Å²) in [4.78, 5) is 5.27. The Hall–Kier alpha value is -1.71. The molecule has 21 heavy (non-hydrogen) atoms. The fourth-order valence-electron chi connectivity index (χ4n) is 2.90. The standard InChI is InChI=1S/C15H17N3O2S/c1-2-19-15(7-4-3-5-8-15)14-17-13(20-18-14)12-11(10-16)6-9-21-12/h6,9H,2-5,7-8H2,1H3. The zero-order valence-electron chi connectivity index (χ0n) is 12.0. The van der Waals surface area contributed by atoms with Crippen molar-refractivity contribution in [1.82, 2.24) is 10.1 Å². The van der Waals surface area contributed by atoms with E-state index in [1.807, 2.05) is 12.3 Å². The van der Waals surface area contributed by atoms with Crippen LogP contribution >= 0.6 is 11.3 Å². The minimum atomic E-state index is -0.418. The molecule has 6 heteroatoms. The van der Waals surface area contributed by atoms with E-state index in [9.17, 15) is 0 Å². The Labute approximate surface area is 127 Å². The second-order valence-corrected chi connectivity index (χ2v) is 6.10. The van der Waals surface area contributed by atoms with Crippen molar-refractivity contribution in [2.45, 2.75) is 44.6 Å². The van der Waals surface area contributed by atoms with Crippen molar-refractivity contribution in [3.05, 3.63) is 22.8 Å². The number of rotatable bonds is 4. The largest absolute Gasteiger partial charge is 0.367 e. The van der Waals surface area contributed by atoms with Gasteiger partial charge in [0.15, 0.2) is 0 Å². The van der Waals surface area contributed by atoms with Crippen LogP contribution in [-0.4, -0.2) is 16.7 Å². The minimum Gasteiger partial charge on any atom is -0.367 e. The van der Waals surface area contributed by atoms with E-state index < -0.39 is 5.60 Å². The summed E-state index contributed by atoms with van der Waals surface area (Å²) in [5.41, 5.74) is 0.156. The van der Waals surface area contributed by atoms with Crippen molar-refractivity contribution in [1.29, 1.82) is 5.26 Å². The summed E-state index contributed by atoms with van der Waals surface area (Å²) >= 11 is 1.44. The van der Waals surface area contributed by atoms with Crippen LogP contribution < -0.4 is 0 Å². The van der Waals surface area contributed by atoms with Crippen LogP contribution in [0.2, 0.25) is 0 Å². The Bertz CT molecular complexity index is 644. The highest BCUT2D eigenvalue weighted by atomic mass is 32.1. The number of nitriles is 1. The van der Waals surface area contributed by atoms with Gasteiger partial charge in [-0.15, -0.1) is 11.3 Å². The molecule has 0 atom stereocenters. The number of hydrogen-bond donors (Lipinski definition) is 0. The molecule has 0 aromatic carbocycles. The predicted molar refractivity (Wildman–Crippen MR) is 78.7 cm³/mol. The first-order valence-corrected chi connectivity index (χ1v) is 8.13. The van der Waals surface area contributed by atoms with Crippen LogP contribution in [0.15, 0.2) is 16.0 Å². The summed E-state index contributed by atoms with van der Waals surface area (Å²) in [6, 6.07) is 3.92. The second kappa shape index (κ2) is 5.96. The number of nitrogens with zero attached hydrogens (tertiary/aromatic N) is 3. The molecule has 1 aliphatic carbocycles. The highest BCUT2D eigenvalue weighted by Gasteiger charge is 2.39. The van der Waals surface area contributed by atoms with Gasteiger partial charge in [-0.2, -0.15) is 10.2 Å². The molecule has 0 N–H and O–H groups in total. The molecule has 0 bridgehead atoms. The number of ether oxygens (including phenoxy) is 1. The summed E-state index contributed by atoms with van der Waals surface area (Å²) in [6.45, 7) is 2.62. The van der Waals surface area contributed by atoms with Crippen molar-refractivity contribution in [3.8, 4) is 16.8 Å². The lowest BCUT2D eigenvalue weighted by Crippen LogP contribution is -2.33. The molecule has 2 aromatic rings. The van der Waals surface area contributed by atoms with E-state index in [2.05, 4.69) is 16.2 Å². The summed E-state index contributed by atoms with van der Waals surface area (Å²) in [5, 5.41) is 15.1. The van der Waals surface area contributed by atoms with E-state index in [0.29, 0.717) is 23.9 Å². The zero-order valence-corrected chi connectivity index (χ0v) is 12.8. The average Bonchev–Trinajstić information content (AvgIpc) is 3.17. The Kier molecular flexibility index (Phi) is 4.04. The summed E-state index contributed by atoms with van der Waals surface area (Å²) in [5.74, 6) is 1.04. The third kappa shape index (κ3) is 2.59. The van der Waals surface area contributed by atoms with Gasteiger partial charge >= 0.3 is 0 Å². The third-order valence-electron chi connectivity index (χ3n) is 3.90. The maximum atomic E-state index is 9.10. The number of thiophene rings is 1. The van der Waals surface area contributed by atoms with E-state index in [4.69, 9.17) is 14.5 Å². The molecule has 2 heterocycles. The molecular formula is C15H17N3O2S. The van der Waals surface area contributed by atoms with Crippen LogP contribution in [-0.2, 0) is 10.3 Å². The van der Waals surface area contributed by atoms with E-state index >= 15 is 0 Å². The van der Waals surface area contributed by atoms with Crippen LogP contribution in [0, 0.1) is 11.3 Å². The topological polar surface area (TPSA) is 71.9 Å². The molecule has 110 valence electrons. The summed E-state index contributed by atoms with van der Waals surface area (Å²) in [7, 11) is 0. The predicted octanol–water partition coefficient (Wildman–Crippen LogP) is 3.87. The lowest BCUT2D eigenvalue weighted by atomic mass is 9.84. The molecule has 1 fully saturated rings. The van der Waals surface area contributed by atoms with Gasteiger partial charge in [-0.05, 0) is 31.2 Å². The van der Waals surface area contributed by atoms with Crippen molar-refractivity contribution in [3.63, 3.8) is 0 Å². The highest BCUT2D eigenvalue weighted by Crippen LogP contribution is 2.40. The smallest absolute Gasteiger partial charge is 0.269 e. The molecule has 0 unspecified atom stereocenters. The van der Waals surface area contributed by atoms with E-state index in [1.54, 1.807) is 6.07 Å². The fourth-order valence-corrected chi connectivity index (χ4v) is 3.66. The quantitative estimate of drug-likeness (QED) is 0.857. The maximum absolute atomic E-state index is 9.10. The molecule has 3 rings (SSSR count). The van der Waals surface area contributed by atoms with Crippen LogP contribution in [0.5, 0.6) is 0 Å². The average molecular weight is 303 g/mol. The molecule has 2 aromatic heterocycles. The Morgan fingerprint density at radius 3 is 2.95 bits per heavy atom. The second-order valence-electron chi connectivity index (χ2n) is 5.19. The van der Waals surface area contributed by atoms with Gasteiger partial charge in [-0.3, -0.25) is 0 Å². The normalized spacial score (nSPS) is 17.5. The van der Waals surface area contributed by atoms with Gasteiger partial charge in [-0.25, -0.2) is 0 Å². The van der Waals surface area contributed by atoms with E-state index in [1.165, 1.54) is 17.8 Å². The molecule has 0 aliphatic heterocycles. The molecule has 0 amide bonds. The lowest BCUT2D eigenvalue weighted by molar-refractivity contribution is -0.0777. The molecule has 5 nitrogen and oxygen atoms in total. The van der Waals surface area contributed by atoms with Gasteiger partial charge in [-0.1, -0.05) is 24.4 Å². The maximum Gasteiger partial charge on any atom is 0.269 e. The Morgan fingerprint density at radius 2 is 2.24 bits per heavy atom. The summed E-state index contributed by atoms with van der Waals surface area (Å²) in [6.07, 6.45) is 5.31. The van der Waals surface area contributed by atoms with Gasteiger partial charge in [0.05, 0.1) is 5.56 Å². The van der Waals surface area contributed by atoms with Crippen molar-refractivity contribution < 1.29 is 9.26 Å². The molecular weight excluding hydrogens is 286 g/mol. The molecule has 0 spiro atoms. The zero-order chi connectivity index (χ0) is 14.7. The fraction of sp³-hybridized carbons (Fsp3) is 0.533. The lowest BCUT2D eigenvalue weighted by Gasteiger charge is -2.33. The molecule has 0 radical (unpaired) electrons. The van der Waals surface area contributed by atoms with Gasteiger partial charge in [0.2, 0.25) is 5.82 Å². The van der Waals surface area contributed by atoms with Crippen LogP contribution in [0.4, 0.5) is 0 Å². The van der Waals surface area contributed by atoms with Gasteiger partial charge in [0.25, 0.3) is 5.89 Å². The number of aromatic nitrogens is 2. The van der Waals surface area contributed by atoms with Crippen LogP contribution in [0.1, 0.15) is 50.4 Å². The van der Waals surface area contributed by atoms with E-state index in [0.717, 1.165) is 30.6 Å². The van der Waals surface area contributed by atoms with Crippen molar-refractivity contribution in [2.75, 3.05) is 6.61 Å². The van der Waals surface area contributed by atoms with Gasteiger partial charge in [0.1, 0.15) is 16.5 Å². The molecule has 1 aliphatic rings. The van der Waals surface area contributed by atoms with Crippen molar-refractivity contribution in [2.24, 2.45) is 0 Å². The van der Waals surface area contributed by atoms with Gasteiger partial charge < -0.3 is 9.26 Å². The first-order valence-electron chi connectivity index (χ1n) is 7.25. The molecule has 1 saturated carbocycles. The first-order chi connectivity index (χ1) is 10.3. The highest BCUT2D eigenvalue weighted by molar-refractivity contribution is 7.13. The van der Waals surface area contributed by atoms with E-state index in [-0.39, 0.29) is 0 Å². The summed E-state index contributed by atoms with van der Waals surface area (Å²) < 4.78 is 11.4. The Balaban J connectivity index is 1.95. The number of hydrogen-bond acceptors (Lipinski definition) is 6.